The minimum atomic E-state index is -0.326. The van der Waals surface area contributed by atoms with Crippen molar-refractivity contribution < 1.29 is 8.81 Å². The van der Waals surface area contributed by atoms with E-state index in [1.54, 1.807) is 23.0 Å². The van der Waals surface area contributed by atoms with Crippen LogP contribution < -0.4 is 4.90 Å². The first-order chi connectivity index (χ1) is 15.2. The molecular formula is C21H15ClFN7O. The van der Waals surface area contributed by atoms with E-state index in [2.05, 4.69) is 20.2 Å². The van der Waals surface area contributed by atoms with Gasteiger partial charge in [0.2, 0.25) is 5.89 Å². The zero-order valence-corrected chi connectivity index (χ0v) is 16.8. The molecule has 0 aliphatic carbocycles. The Morgan fingerprint density at radius 2 is 2.03 bits per heavy atom. The van der Waals surface area contributed by atoms with Gasteiger partial charge in [-0.1, -0.05) is 16.7 Å². The number of aromatic nitrogens is 6. The summed E-state index contributed by atoms with van der Waals surface area (Å²) >= 11 is 6.36. The number of aromatic amines is 1. The van der Waals surface area contributed by atoms with Crippen LogP contribution in [0.2, 0.25) is 5.02 Å². The molecule has 0 unspecified atom stereocenters. The second kappa shape index (κ2) is 6.92. The first kappa shape index (κ1) is 18.1. The Balaban J connectivity index is 1.44. The van der Waals surface area contributed by atoms with Crippen molar-refractivity contribution >= 4 is 23.1 Å². The van der Waals surface area contributed by atoms with E-state index in [1.807, 2.05) is 29.3 Å². The molecule has 5 aromatic rings. The molecule has 0 bridgehead atoms. The summed E-state index contributed by atoms with van der Waals surface area (Å²) in [6.07, 6.45) is 4.28. The molecule has 6 rings (SSSR count). The van der Waals surface area contributed by atoms with E-state index >= 15 is 0 Å². The van der Waals surface area contributed by atoms with E-state index < -0.39 is 0 Å². The van der Waals surface area contributed by atoms with Gasteiger partial charge in [0.1, 0.15) is 11.9 Å². The Morgan fingerprint density at radius 1 is 1.16 bits per heavy atom. The first-order valence-corrected chi connectivity index (χ1v) is 10.1. The fourth-order valence-electron chi connectivity index (χ4n) is 3.96. The highest BCUT2D eigenvalue weighted by Crippen LogP contribution is 2.37. The second-order valence-corrected chi connectivity index (χ2v) is 7.67. The zero-order valence-electron chi connectivity index (χ0n) is 16.0. The topological polar surface area (TPSA) is 88.1 Å². The predicted molar refractivity (Wildman–Crippen MR) is 111 cm³/mol. The lowest BCUT2D eigenvalue weighted by Gasteiger charge is -2.32. The summed E-state index contributed by atoms with van der Waals surface area (Å²) in [7, 11) is 0. The first-order valence-electron chi connectivity index (χ1n) is 9.69. The number of H-pyrrole nitrogens is 1. The molecule has 0 saturated heterocycles. The van der Waals surface area contributed by atoms with E-state index in [0.29, 0.717) is 29.0 Å². The number of anilines is 1. The van der Waals surface area contributed by atoms with Crippen molar-refractivity contribution in [2.75, 3.05) is 11.4 Å². The largest absolute Gasteiger partial charge is 0.403 e. The molecule has 4 aromatic heterocycles. The predicted octanol–water partition coefficient (Wildman–Crippen LogP) is 4.05. The standard InChI is InChI=1S/C21H15ClFN7O/c22-14-2-1-8-30-17(14)10-16(28-30)19-18-15(24-11-25-18)7-9-29(19)21-27-26-20(31-21)12-3-5-13(23)6-4-12/h1-6,8,10-11,19H,7,9H2,(H,24,25)/t19-/m1/s1. The fourth-order valence-corrected chi connectivity index (χ4v) is 4.17. The third-order valence-corrected chi connectivity index (χ3v) is 5.75. The van der Waals surface area contributed by atoms with Gasteiger partial charge >= 0.3 is 6.01 Å². The van der Waals surface area contributed by atoms with Crippen LogP contribution in [0.5, 0.6) is 0 Å². The highest BCUT2D eigenvalue weighted by atomic mass is 35.5. The molecule has 154 valence electrons. The third kappa shape index (κ3) is 2.97. The van der Waals surface area contributed by atoms with Crippen LogP contribution in [-0.2, 0) is 6.42 Å². The fraction of sp³-hybridized carbons (Fsp3) is 0.143. The van der Waals surface area contributed by atoms with E-state index in [-0.39, 0.29) is 11.9 Å². The van der Waals surface area contributed by atoms with E-state index in [0.717, 1.165) is 29.0 Å². The highest BCUT2D eigenvalue weighted by Gasteiger charge is 2.36. The number of nitrogens with one attached hydrogen (secondary N) is 1. The molecule has 0 amide bonds. The summed E-state index contributed by atoms with van der Waals surface area (Å²) in [5.74, 6) is -0.00391. The number of hydrogen-bond acceptors (Lipinski definition) is 6. The zero-order chi connectivity index (χ0) is 20.9. The van der Waals surface area contributed by atoms with E-state index in [4.69, 9.17) is 21.1 Å². The average molecular weight is 436 g/mol. The van der Waals surface area contributed by atoms with Crippen LogP contribution in [0.15, 0.2) is 59.4 Å². The number of imidazole rings is 1. The van der Waals surface area contributed by atoms with Gasteiger partial charge in [-0.3, -0.25) is 0 Å². The Morgan fingerprint density at radius 3 is 2.87 bits per heavy atom. The molecule has 5 heterocycles. The minimum Gasteiger partial charge on any atom is -0.403 e. The highest BCUT2D eigenvalue weighted by molar-refractivity contribution is 6.33. The molecule has 31 heavy (non-hydrogen) atoms. The van der Waals surface area contributed by atoms with Gasteiger partial charge in [0.25, 0.3) is 0 Å². The van der Waals surface area contributed by atoms with Crippen LogP contribution in [0.25, 0.3) is 17.0 Å². The molecule has 10 heteroatoms. The molecule has 8 nitrogen and oxygen atoms in total. The van der Waals surface area contributed by atoms with Gasteiger partial charge in [0.15, 0.2) is 0 Å². The number of nitrogens with zero attached hydrogens (tertiary/aromatic N) is 6. The Hall–Kier alpha value is -3.72. The quantitative estimate of drug-likeness (QED) is 0.460. The number of fused-ring (bicyclic) bond motifs is 2. The maximum atomic E-state index is 13.3. The van der Waals surface area contributed by atoms with Gasteiger partial charge in [0, 0.05) is 30.4 Å². The molecule has 1 aliphatic heterocycles. The maximum absolute atomic E-state index is 13.3. The number of halogens is 2. The number of benzene rings is 1. The van der Waals surface area contributed by atoms with Gasteiger partial charge in [0.05, 0.1) is 28.3 Å². The van der Waals surface area contributed by atoms with Crippen LogP contribution in [-0.4, -0.2) is 36.3 Å². The molecule has 0 saturated carbocycles. The lowest BCUT2D eigenvalue weighted by Crippen LogP contribution is -2.36. The van der Waals surface area contributed by atoms with Crippen LogP contribution in [0.3, 0.4) is 0 Å². The van der Waals surface area contributed by atoms with Gasteiger partial charge in [-0.05, 0) is 42.5 Å². The Kier molecular flexibility index (Phi) is 4.03. The minimum absolute atomic E-state index is 0.319. The van der Waals surface area contributed by atoms with Crippen molar-refractivity contribution in [2.45, 2.75) is 12.5 Å². The van der Waals surface area contributed by atoms with Gasteiger partial charge < -0.3 is 14.3 Å². The van der Waals surface area contributed by atoms with Gasteiger partial charge in [-0.2, -0.15) is 5.10 Å². The molecule has 0 radical (unpaired) electrons. The van der Waals surface area contributed by atoms with Gasteiger partial charge in [-0.25, -0.2) is 13.9 Å². The SMILES string of the molecule is Fc1ccc(-c2nnc(N3CCc4[nH]cnc4[C@H]3c3cc4c(Cl)cccn4n3)o2)cc1. The molecule has 0 spiro atoms. The second-order valence-electron chi connectivity index (χ2n) is 7.26. The summed E-state index contributed by atoms with van der Waals surface area (Å²) in [5.41, 5.74) is 4.12. The normalized spacial score (nSPS) is 16.1. The number of pyridine rings is 1. The summed E-state index contributed by atoms with van der Waals surface area (Å²) in [6.45, 7) is 0.631. The monoisotopic (exact) mass is 435 g/mol. The summed E-state index contributed by atoms with van der Waals surface area (Å²) in [6, 6.07) is 11.6. The molecule has 0 fully saturated rings. The van der Waals surface area contributed by atoms with Crippen molar-refractivity contribution in [3.05, 3.63) is 82.9 Å². The van der Waals surface area contributed by atoms with Gasteiger partial charge in [-0.15, -0.1) is 5.10 Å². The lowest BCUT2D eigenvalue weighted by atomic mass is 10.0. The summed E-state index contributed by atoms with van der Waals surface area (Å²) < 4.78 is 21.0. The van der Waals surface area contributed by atoms with E-state index in [9.17, 15) is 4.39 Å². The maximum Gasteiger partial charge on any atom is 0.319 e. The third-order valence-electron chi connectivity index (χ3n) is 5.43. The molecule has 1 atom stereocenters. The van der Waals surface area contributed by atoms with Crippen molar-refractivity contribution in [3.63, 3.8) is 0 Å². The summed E-state index contributed by atoms with van der Waals surface area (Å²) in [5, 5.41) is 13.8. The average Bonchev–Trinajstić information content (AvgIpc) is 3.52. The molecular weight excluding hydrogens is 421 g/mol. The number of hydrogen-bond donors (Lipinski definition) is 1. The molecule has 1 aliphatic rings. The van der Waals surface area contributed by atoms with Crippen molar-refractivity contribution in [1.82, 2.24) is 29.8 Å². The van der Waals surface area contributed by atoms with E-state index in [1.165, 1.54) is 12.1 Å². The smallest absolute Gasteiger partial charge is 0.319 e. The number of rotatable bonds is 3. The Bertz CT molecular complexity index is 1390. The van der Waals surface area contributed by atoms with Crippen molar-refractivity contribution in [1.29, 1.82) is 0 Å². The molecule has 1 N–H and O–H groups in total. The van der Waals surface area contributed by atoms with Crippen molar-refractivity contribution in [2.24, 2.45) is 0 Å². The molecule has 1 aromatic carbocycles. The Labute approximate surface area is 180 Å². The van der Waals surface area contributed by atoms with Crippen LogP contribution in [0, 0.1) is 5.82 Å². The van der Waals surface area contributed by atoms with Crippen molar-refractivity contribution in [3.8, 4) is 11.5 Å². The summed E-state index contributed by atoms with van der Waals surface area (Å²) in [4.78, 5) is 9.74. The van der Waals surface area contributed by atoms with Crippen LogP contribution in [0.1, 0.15) is 23.1 Å². The van der Waals surface area contributed by atoms with Crippen LogP contribution >= 0.6 is 11.6 Å². The van der Waals surface area contributed by atoms with Crippen LogP contribution in [0.4, 0.5) is 10.4 Å². The lowest BCUT2D eigenvalue weighted by molar-refractivity contribution is 0.503.